The molecule has 1 rings (SSSR count). The zero-order valence-electron chi connectivity index (χ0n) is 8.59. The van der Waals surface area contributed by atoms with E-state index in [0.29, 0.717) is 0 Å². The second-order valence-electron chi connectivity index (χ2n) is 3.43. The molecular formula is C12H17N. The van der Waals surface area contributed by atoms with Gasteiger partial charge < -0.3 is 5.32 Å². The van der Waals surface area contributed by atoms with Crippen LogP contribution in [0.25, 0.3) is 0 Å². The summed E-state index contributed by atoms with van der Waals surface area (Å²) in [7, 11) is 1.94. The van der Waals surface area contributed by atoms with Crippen LogP contribution in [0.2, 0.25) is 0 Å². The predicted octanol–water partition coefficient (Wildman–Crippen LogP) is 3.24. The Bertz CT molecular complexity index is 278. The van der Waals surface area contributed by atoms with Crippen LogP contribution in [-0.2, 0) is 6.42 Å². The average Bonchev–Trinajstić information content (AvgIpc) is 2.15. The summed E-state index contributed by atoms with van der Waals surface area (Å²) in [6.45, 7) is 4.25. The molecule has 0 saturated heterocycles. The molecule has 70 valence electrons. The fourth-order valence-electron chi connectivity index (χ4n) is 1.13. The SMILES string of the molecule is CNc1ccc(CC=C(C)C)cc1. The first-order valence-corrected chi connectivity index (χ1v) is 4.62. The van der Waals surface area contributed by atoms with Crippen LogP contribution < -0.4 is 5.32 Å². The monoisotopic (exact) mass is 175 g/mol. The number of anilines is 1. The van der Waals surface area contributed by atoms with Crippen molar-refractivity contribution < 1.29 is 0 Å². The molecule has 0 aromatic heterocycles. The molecule has 0 aliphatic heterocycles. The molecule has 0 aliphatic carbocycles. The summed E-state index contributed by atoms with van der Waals surface area (Å²) in [4.78, 5) is 0. The van der Waals surface area contributed by atoms with Crippen molar-refractivity contribution in [3.63, 3.8) is 0 Å². The lowest BCUT2D eigenvalue weighted by molar-refractivity contribution is 1.21. The van der Waals surface area contributed by atoms with Crippen LogP contribution in [0.5, 0.6) is 0 Å². The van der Waals surface area contributed by atoms with Gasteiger partial charge in [0.2, 0.25) is 0 Å². The molecule has 1 aromatic carbocycles. The van der Waals surface area contributed by atoms with Crippen molar-refractivity contribution in [1.82, 2.24) is 0 Å². The average molecular weight is 175 g/mol. The highest BCUT2D eigenvalue weighted by Gasteiger charge is 1.90. The first kappa shape index (κ1) is 9.85. The third-order valence-corrected chi connectivity index (χ3v) is 1.99. The van der Waals surface area contributed by atoms with E-state index in [1.807, 2.05) is 7.05 Å². The number of hydrogen-bond acceptors (Lipinski definition) is 1. The summed E-state index contributed by atoms with van der Waals surface area (Å²) in [5.74, 6) is 0. The Labute approximate surface area is 80.5 Å². The van der Waals surface area contributed by atoms with Crippen molar-refractivity contribution in [2.24, 2.45) is 0 Å². The fraction of sp³-hybridized carbons (Fsp3) is 0.333. The minimum absolute atomic E-state index is 1.03. The molecule has 0 radical (unpaired) electrons. The van der Waals surface area contributed by atoms with Gasteiger partial charge in [-0.05, 0) is 38.0 Å². The van der Waals surface area contributed by atoms with E-state index in [9.17, 15) is 0 Å². The molecule has 1 heteroatoms. The molecule has 13 heavy (non-hydrogen) atoms. The van der Waals surface area contributed by atoms with Gasteiger partial charge in [0.05, 0.1) is 0 Å². The lowest BCUT2D eigenvalue weighted by Gasteiger charge is -2.01. The highest BCUT2D eigenvalue weighted by molar-refractivity contribution is 5.44. The number of nitrogens with one attached hydrogen (secondary N) is 1. The van der Waals surface area contributed by atoms with E-state index in [2.05, 4.69) is 49.5 Å². The van der Waals surface area contributed by atoms with E-state index in [1.54, 1.807) is 0 Å². The third kappa shape index (κ3) is 3.32. The van der Waals surface area contributed by atoms with Crippen molar-refractivity contribution in [3.8, 4) is 0 Å². The Hall–Kier alpha value is -1.24. The number of allylic oxidation sites excluding steroid dienone is 2. The first-order chi connectivity index (χ1) is 6.22. The Morgan fingerprint density at radius 2 is 1.85 bits per heavy atom. The summed E-state index contributed by atoms with van der Waals surface area (Å²) >= 11 is 0. The Balaban J connectivity index is 2.64. The summed E-state index contributed by atoms with van der Waals surface area (Å²) < 4.78 is 0. The fourth-order valence-corrected chi connectivity index (χ4v) is 1.13. The molecule has 1 nitrogen and oxygen atoms in total. The second kappa shape index (κ2) is 4.70. The highest BCUT2D eigenvalue weighted by Crippen LogP contribution is 2.09. The minimum atomic E-state index is 1.03. The smallest absolute Gasteiger partial charge is 0.0337 e. The van der Waals surface area contributed by atoms with Crippen LogP contribution in [-0.4, -0.2) is 7.05 Å². The summed E-state index contributed by atoms with van der Waals surface area (Å²) in [6, 6.07) is 8.53. The summed E-state index contributed by atoms with van der Waals surface area (Å²) in [5.41, 5.74) is 3.90. The van der Waals surface area contributed by atoms with Crippen molar-refractivity contribution >= 4 is 5.69 Å². The molecule has 0 atom stereocenters. The van der Waals surface area contributed by atoms with Crippen molar-refractivity contribution in [1.29, 1.82) is 0 Å². The van der Waals surface area contributed by atoms with E-state index in [0.717, 1.165) is 6.42 Å². The van der Waals surface area contributed by atoms with Crippen LogP contribution in [0.4, 0.5) is 5.69 Å². The number of rotatable bonds is 3. The summed E-state index contributed by atoms with van der Waals surface area (Å²) in [5, 5.41) is 3.10. The van der Waals surface area contributed by atoms with Gasteiger partial charge >= 0.3 is 0 Å². The van der Waals surface area contributed by atoms with Gasteiger partial charge in [0.1, 0.15) is 0 Å². The molecule has 0 saturated carbocycles. The van der Waals surface area contributed by atoms with E-state index in [4.69, 9.17) is 0 Å². The van der Waals surface area contributed by atoms with E-state index in [-0.39, 0.29) is 0 Å². The molecule has 0 heterocycles. The molecule has 1 aromatic rings. The molecule has 0 fully saturated rings. The van der Waals surface area contributed by atoms with Gasteiger partial charge in [-0.1, -0.05) is 23.8 Å². The largest absolute Gasteiger partial charge is 0.388 e. The van der Waals surface area contributed by atoms with Crippen molar-refractivity contribution in [2.45, 2.75) is 20.3 Å². The van der Waals surface area contributed by atoms with Gasteiger partial charge in [-0.2, -0.15) is 0 Å². The maximum absolute atomic E-state index is 3.10. The molecule has 0 aliphatic rings. The topological polar surface area (TPSA) is 12.0 Å². The van der Waals surface area contributed by atoms with E-state index >= 15 is 0 Å². The predicted molar refractivity (Wildman–Crippen MR) is 59.1 cm³/mol. The Kier molecular flexibility index (Phi) is 3.56. The van der Waals surface area contributed by atoms with Crippen LogP contribution in [0.15, 0.2) is 35.9 Å². The van der Waals surface area contributed by atoms with Gasteiger partial charge in [0.25, 0.3) is 0 Å². The normalized spacial score (nSPS) is 9.46. The molecule has 0 amide bonds. The minimum Gasteiger partial charge on any atom is -0.388 e. The Morgan fingerprint density at radius 1 is 1.23 bits per heavy atom. The van der Waals surface area contributed by atoms with Crippen molar-refractivity contribution in [3.05, 3.63) is 41.5 Å². The lowest BCUT2D eigenvalue weighted by Crippen LogP contribution is -1.88. The van der Waals surface area contributed by atoms with Crippen LogP contribution >= 0.6 is 0 Å². The van der Waals surface area contributed by atoms with E-state index in [1.165, 1.54) is 16.8 Å². The van der Waals surface area contributed by atoms with Crippen LogP contribution in [0.1, 0.15) is 19.4 Å². The maximum atomic E-state index is 3.10. The molecule has 0 bridgehead atoms. The van der Waals surface area contributed by atoms with Gasteiger partial charge in [-0.25, -0.2) is 0 Å². The standard InChI is InChI=1S/C12H17N/c1-10(2)4-5-11-6-8-12(13-3)9-7-11/h4,6-9,13H,5H2,1-3H3. The van der Waals surface area contributed by atoms with Gasteiger partial charge in [-0.15, -0.1) is 0 Å². The highest BCUT2D eigenvalue weighted by atomic mass is 14.8. The summed E-state index contributed by atoms with van der Waals surface area (Å²) in [6.07, 6.45) is 3.28. The Morgan fingerprint density at radius 3 is 2.31 bits per heavy atom. The number of benzene rings is 1. The molecule has 0 spiro atoms. The zero-order chi connectivity index (χ0) is 9.68. The van der Waals surface area contributed by atoms with Gasteiger partial charge in [-0.3, -0.25) is 0 Å². The van der Waals surface area contributed by atoms with Crippen LogP contribution in [0, 0.1) is 0 Å². The maximum Gasteiger partial charge on any atom is 0.0337 e. The molecule has 0 unspecified atom stereocenters. The lowest BCUT2D eigenvalue weighted by atomic mass is 10.1. The second-order valence-corrected chi connectivity index (χ2v) is 3.43. The molecule has 1 N–H and O–H groups in total. The first-order valence-electron chi connectivity index (χ1n) is 4.62. The quantitative estimate of drug-likeness (QED) is 0.695. The third-order valence-electron chi connectivity index (χ3n) is 1.99. The van der Waals surface area contributed by atoms with E-state index < -0.39 is 0 Å². The molecular weight excluding hydrogens is 158 g/mol. The zero-order valence-corrected chi connectivity index (χ0v) is 8.59. The van der Waals surface area contributed by atoms with Crippen LogP contribution in [0.3, 0.4) is 0 Å². The number of hydrogen-bond donors (Lipinski definition) is 1. The van der Waals surface area contributed by atoms with Gasteiger partial charge in [0.15, 0.2) is 0 Å². The van der Waals surface area contributed by atoms with Gasteiger partial charge in [0, 0.05) is 12.7 Å². The van der Waals surface area contributed by atoms with Crippen molar-refractivity contribution in [2.75, 3.05) is 12.4 Å².